The van der Waals surface area contributed by atoms with Gasteiger partial charge in [-0.1, -0.05) is 23.2 Å². The van der Waals surface area contributed by atoms with Gasteiger partial charge in [-0.2, -0.15) is 10.2 Å². The number of ether oxygens (including phenoxy) is 1. The number of halogens is 2. The van der Waals surface area contributed by atoms with Crippen molar-refractivity contribution in [2.75, 3.05) is 25.0 Å². The molecule has 0 saturated carbocycles. The number of amides is 1. The molecule has 1 saturated heterocycles. The number of fused-ring (bicyclic) bond motifs is 1. The molecule has 35 heavy (non-hydrogen) atoms. The number of pyridine rings is 1. The third-order valence-electron chi connectivity index (χ3n) is 6.09. The highest BCUT2D eigenvalue weighted by Gasteiger charge is 2.19. The Bertz CT molecular complexity index is 1330. The summed E-state index contributed by atoms with van der Waals surface area (Å²) in [5.74, 6) is 0.222. The fraction of sp³-hybridized carbons (Fsp3) is 0.333. The van der Waals surface area contributed by atoms with E-state index in [0.29, 0.717) is 32.4 Å². The number of carbonyl (C=O) groups is 1. The van der Waals surface area contributed by atoms with Crippen molar-refractivity contribution in [2.45, 2.75) is 32.4 Å². The Balaban J connectivity index is 1.28. The first-order valence-corrected chi connectivity index (χ1v) is 12.2. The Morgan fingerprint density at radius 2 is 1.94 bits per heavy atom. The first-order valence-electron chi connectivity index (χ1n) is 11.5. The van der Waals surface area contributed by atoms with Crippen LogP contribution in [0.15, 0.2) is 43.0 Å². The number of aromatic amines is 1. The number of H-pyrrole nitrogens is 1. The molecule has 4 aromatic rings. The van der Waals surface area contributed by atoms with Gasteiger partial charge in [0.25, 0.3) is 5.91 Å². The Labute approximate surface area is 212 Å². The third-order valence-corrected chi connectivity index (χ3v) is 6.70. The minimum Gasteiger partial charge on any atom is -0.486 e. The summed E-state index contributed by atoms with van der Waals surface area (Å²) >= 11 is 12.5. The molecule has 1 aromatic carbocycles. The number of nitrogens with zero attached hydrogens (tertiary/aromatic N) is 5. The van der Waals surface area contributed by atoms with Crippen LogP contribution < -0.4 is 10.1 Å². The predicted octanol–water partition coefficient (Wildman–Crippen LogP) is 4.95. The second-order valence-electron chi connectivity index (χ2n) is 8.55. The highest BCUT2D eigenvalue weighted by molar-refractivity contribution is 6.35. The number of hydrogen-bond acceptors (Lipinski definition) is 6. The van der Waals surface area contributed by atoms with Crippen molar-refractivity contribution in [3.8, 4) is 5.75 Å². The van der Waals surface area contributed by atoms with Gasteiger partial charge < -0.3 is 15.0 Å². The maximum Gasteiger partial charge on any atom is 0.276 e. The normalized spacial score (nSPS) is 14.9. The maximum absolute atomic E-state index is 13.0. The number of anilines is 1. The zero-order valence-electron chi connectivity index (χ0n) is 19.2. The van der Waals surface area contributed by atoms with Gasteiger partial charge >= 0.3 is 0 Å². The van der Waals surface area contributed by atoms with Crippen LogP contribution in [0.2, 0.25) is 10.0 Å². The molecule has 4 heterocycles. The number of hydrogen-bond donors (Lipinski definition) is 2. The van der Waals surface area contributed by atoms with E-state index in [4.69, 9.17) is 27.9 Å². The molecule has 1 aliphatic rings. The fourth-order valence-electron chi connectivity index (χ4n) is 4.30. The lowest BCUT2D eigenvalue weighted by atomic mass is 10.1. The summed E-state index contributed by atoms with van der Waals surface area (Å²) < 4.78 is 7.92. The van der Waals surface area contributed by atoms with Crippen molar-refractivity contribution >= 4 is 45.7 Å². The highest BCUT2D eigenvalue weighted by atomic mass is 35.5. The molecule has 1 aliphatic heterocycles. The van der Waals surface area contributed by atoms with Crippen LogP contribution >= 0.6 is 23.2 Å². The molecule has 3 aromatic heterocycles. The van der Waals surface area contributed by atoms with Crippen molar-refractivity contribution in [1.29, 1.82) is 0 Å². The van der Waals surface area contributed by atoms with Gasteiger partial charge in [-0.3, -0.25) is 19.6 Å². The molecule has 182 valence electrons. The van der Waals surface area contributed by atoms with E-state index < -0.39 is 6.10 Å². The number of benzene rings is 1. The molecule has 0 bridgehead atoms. The molecule has 0 spiro atoms. The third kappa shape index (κ3) is 5.27. The average Bonchev–Trinajstić information content (AvgIpc) is 3.58. The maximum atomic E-state index is 13.0. The summed E-state index contributed by atoms with van der Waals surface area (Å²) in [5, 5.41) is 15.9. The van der Waals surface area contributed by atoms with E-state index in [2.05, 4.69) is 30.5 Å². The molecule has 2 N–H and O–H groups in total. The summed E-state index contributed by atoms with van der Waals surface area (Å²) in [5.41, 5.74) is 2.25. The Morgan fingerprint density at radius 3 is 2.71 bits per heavy atom. The van der Waals surface area contributed by atoms with E-state index >= 15 is 0 Å². The SMILES string of the molecule is CC(Oc1ccc2[nH]nc(C(=O)Nc3cnn(CCN4CCCC4)c3)c2c1)c1c(Cl)cncc1Cl. The number of aromatic nitrogens is 5. The second-order valence-corrected chi connectivity index (χ2v) is 9.37. The first kappa shape index (κ1) is 23.6. The number of rotatable bonds is 8. The van der Waals surface area contributed by atoms with Crippen LogP contribution in [0.25, 0.3) is 10.9 Å². The van der Waals surface area contributed by atoms with E-state index in [-0.39, 0.29) is 11.6 Å². The second kappa shape index (κ2) is 10.2. The van der Waals surface area contributed by atoms with Gasteiger partial charge in [0.05, 0.1) is 34.0 Å². The topological polar surface area (TPSA) is 101 Å². The van der Waals surface area contributed by atoms with Crippen molar-refractivity contribution in [1.82, 2.24) is 29.9 Å². The monoisotopic (exact) mass is 513 g/mol. The molecule has 5 rings (SSSR count). The molecule has 1 fully saturated rings. The van der Waals surface area contributed by atoms with Gasteiger partial charge in [-0.15, -0.1) is 0 Å². The first-order chi connectivity index (χ1) is 17.0. The Morgan fingerprint density at radius 1 is 1.17 bits per heavy atom. The van der Waals surface area contributed by atoms with Gasteiger partial charge in [0.2, 0.25) is 0 Å². The molecule has 11 heteroatoms. The van der Waals surface area contributed by atoms with Crippen LogP contribution in [-0.2, 0) is 6.54 Å². The van der Waals surface area contributed by atoms with Crippen LogP contribution in [0.4, 0.5) is 5.69 Å². The van der Waals surface area contributed by atoms with Crippen molar-refractivity contribution in [3.63, 3.8) is 0 Å². The molecule has 0 radical (unpaired) electrons. The van der Waals surface area contributed by atoms with Gasteiger partial charge in [-0.25, -0.2) is 0 Å². The van der Waals surface area contributed by atoms with Gasteiger partial charge in [0.1, 0.15) is 11.9 Å². The lowest BCUT2D eigenvalue weighted by molar-refractivity contribution is 0.102. The fourth-order valence-corrected chi connectivity index (χ4v) is 4.98. The largest absolute Gasteiger partial charge is 0.486 e. The lowest BCUT2D eigenvalue weighted by Crippen LogP contribution is -2.24. The van der Waals surface area contributed by atoms with E-state index in [1.54, 1.807) is 18.3 Å². The summed E-state index contributed by atoms with van der Waals surface area (Å²) in [6.07, 6.45) is 8.63. The summed E-state index contributed by atoms with van der Waals surface area (Å²) in [6, 6.07) is 5.38. The van der Waals surface area contributed by atoms with E-state index in [9.17, 15) is 4.79 Å². The molecule has 1 amide bonds. The minimum absolute atomic E-state index is 0.267. The minimum atomic E-state index is -0.425. The number of carbonyl (C=O) groups excluding carboxylic acids is 1. The van der Waals surface area contributed by atoms with E-state index in [1.807, 2.05) is 23.9 Å². The van der Waals surface area contributed by atoms with Crippen molar-refractivity contribution < 1.29 is 9.53 Å². The Hall–Kier alpha value is -3.14. The zero-order chi connectivity index (χ0) is 24.4. The van der Waals surface area contributed by atoms with Gasteiger partial charge in [0.15, 0.2) is 5.69 Å². The lowest BCUT2D eigenvalue weighted by Gasteiger charge is -2.17. The van der Waals surface area contributed by atoms with Gasteiger partial charge in [0, 0.05) is 36.1 Å². The van der Waals surface area contributed by atoms with Crippen molar-refractivity contribution in [3.05, 3.63) is 64.3 Å². The number of nitrogens with one attached hydrogen (secondary N) is 2. The zero-order valence-corrected chi connectivity index (χ0v) is 20.7. The number of likely N-dealkylation sites (tertiary alicyclic amines) is 1. The van der Waals surface area contributed by atoms with Crippen molar-refractivity contribution in [2.24, 2.45) is 0 Å². The van der Waals surface area contributed by atoms with Crippen LogP contribution in [0, 0.1) is 0 Å². The predicted molar refractivity (Wildman–Crippen MR) is 135 cm³/mol. The van der Waals surface area contributed by atoms with E-state index in [0.717, 1.165) is 31.7 Å². The van der Waals surface area contributed by atoms with Crippen LogP contribution in [-0.4, -0.2) is 55.4 Å². The smallest absolute Gasteiger partial charge is 0.276 e. The average molecular weight is 514 g/mol. The Kier molecular flexibility index (Phi) is 6.90. The van der Waals surface area contributed by atoms with E-state index in [1.165, 1.54) is 25.2 Å². The van der Waals surface area contributed by atoms with Gasteiger partial charge in [-0.05, 0) is 51.1 Å². The molecule has 1 unspecified atom stereocenters. The molecule has 0 aliphatic carbocycles. The highest BCUT2D eigenvalue weighted by Crippen LogP contribution is 2.33. The summed E-state index contributed by atoms with van der Waals surface area (Å²) in [6.45, 7) is 5.87. The molecule has 9 nitrogen and oxygen atoms in total. The quantitative estimate of drug-likeness (QED) is 0.345. The van der Waals surface area contributed by atoms with Crippen LogP contribution in [0.3, 0.4) is 0 Å². The summed E-state index contributed by atoms with van der Waals surface area (Å²) in [4.78, 5) is 19.4. The molecular formula is C24H25Cl2N7O2. The molecule has 1 atom stereocenters. The molecular weight excluding hydrogens is 489 g/mol. The summed E-state index contributed by atoms with van der Waals surface area (Å²) in [7, 11) is 0. The van der Waals surface area contributed by atoms with Crippen LogP contribution in [0.5, 0.6) is 5.75 Å². The van der Waals surface area contributed by atoms with Crippen LogP contribution in [0.1, 0.15) is 41.9 Å². The standard InChI is InChI=1S/C24H25Cl2N7O2/c1-15(22-19(25)12-27-13-20(22)26)35-17-4-5-21-18(10-17)23(31-30-21)24(34)29-16-11-28-33(14-16)9-8-32-6-2-3-7-32/h4-5,10-15H,2-3,6-9H2,1H3,(H,29,34)(H,30,31).